The van der Waals surface area contributed by atoms with Gasteiger partial charge in [-0.15, -0.1) is 0 Å². The van der Waals surface area contributed by atoms with Crippen molar-refractivity contribution in [2.75, 3.05) is 17.1 Å². The molecule has 0 bridgehead atoms. The second kappa shape index (κ2) is 5.80. The summed E-state index contributed by atoms with van der Waals surface area (Å²) in [6.45, 7) is 0. The Morgan fingerprint density at radius 3 is 2.30 bits per heavy atom. The van der Waals surface area contributed by atoms with Gasteiger partial charge in [0.05, 0.1) is 10.6 Å². The average molecular weight is 359 g/mol. The minimum absolute atomic E-state index is 0.0684. The largest absolute Gasteiger partial charge is 0.388 e. The molecule has 0 aliphatic rings. The second-order valence-corrected chi connectivity index (χ2v) is 6.60. The fraction of sp³-hybridized carbons (Fsp3) is 0.0769. The summed E-state index contributed by atoms with van der Waals surface area (Å²) in [4.78, 5) is 0.0684. The predicted molar refractivity (Wildman–Crippen MR) is 80.9 cm³/mol. The molecule has 106 valence electrons. The summed E-state index contributed by atoms with van der Waals surface area (Å²) < 4.78 is 40.7. The minimum Gasteiger partial charge on any atom is -0.388 e. The summed E-state index contributed by atoms with van der Waals surface area (Å²) >= 11 is 3.11. The Bertz CT molecular complexity index is 718. The van der Waals surface area contributed by atoms with Crippen LogP contribution < -0.4 is 10.0 Å². The summed E-state index contributed by atoms with van der Waals surface area (Å²) in [6.07, 6.45) is 0. The molecular weight excluding hydrogens is 347 g/mol. The van der Waals surface area contributed by atoms with Crippen LogP contribution in [0.1, 0.15) is 0 Å². The molecule has 7 heteroatoms. The Kier molecular flexibility index (Phi) is 4.29. The molecule has 0 amide bonds. The Hall–Kier alpha value is -1.60. The zero-order chi connectivity index (χ0) is 14.8. The molecule has 0 atom stereocenters. The van der Waals surface area contributed by atoms with Crippen LogP contribution in [0.5, 0.6) is 0 Å². The number of sulfonamides is 1. The van der Waals surface area contributed by atoms with E-state index in [0.717, 1.165) is 5.69 Å². The third-order valence-electron chi connectivity index (χ3n) is 2.63. The maximum absolute atomic E-state index is 13.6. The van der Waals surface area contributed by atoms with Crippen LogP contribution in [-0.2, 0) is 10.0 Å². The summed E-state index contributed by atoms with van der Waals surface area (Å²) in [6, 6.07) is 10.3. The van der Waals surface area contributed by atoms with Crippen LogP contribution in [0.15, 0.2) is 51.8 Å². The van der Waals surface area contributed by atoms with Crippen LogP contribution in [0.2, 0.25) is 0 Å². The van der Waals surface area contributed by atoms with Gasteiger partial charge < -0.3 is 5.32 Å². The zero-order valence-corrected chi connectivity index (χ0v) is 12.9. The van der Waals surface area contributed by atoms with Crippen LogP contribution in [-0.4, -0.2) is 15.5 Å². The lowest BCUT2D eigenvalue weighted by atomic mass is 10.3. The van der Waals surface area contributed by atoms with Gasteiger partial charge in [0.15, 0.2) is 0 Å². The molecule has 0 spiro atoms. The van der Waals surface area contributed by atoms with Gasteiger partial charge in [-0.05, 0) is 42.5 Å². The van der Waals surface area contributed by atoms with Gasteiger partial charge in [0.1, 0.15) is 5.82 Å². The lowest BCUT2D eigenvalue weighted by molar-refractivity contribution is 0.598. The fourth-order valence-corrected chi connectivity index (χ4v) is 2.98. The van der Waals surface area contributed by atoms with Crippen LogP contribution in [0.4, 0.5) is 15.8 Å². The molecule has 0 aromatic heterocycles. The Morgan fingerprint density at radius 1 is 1.10 bits per heavy atom. The number of benzene rings is 2. The van der Waals surface area contributed by atoms with E-state index in [1.165, 1.54) is 24.3 Å². The van der Waals surface area contributed by atoms with E-state index in [4.69, 9.17) is 0 Å². The van der Waals surface area contributed by atoms with E-state index >= 15 is 0 Å². The number of halogens is 2. The highest BCUT2D eigenvalue weighted by Gasteiger charge is 2.16. The third kappa shape index (κ3) is 3.29. The van der Waals surface area contributed by atoms with Crippen molar-refractivity contribution in [3.05, 3.63) is 52.8 Å². The van der Waals surface area contributed by atoms with Crippen molar-refractivity contribution >= 4 is 37.3 Å². The van der Waals surface area contributed by atoms with Crippen molar-refractivity contribution in [2.24, 2.45) is 0 Å². The van der Waals surface area contributed by atoms with Crippen LogP contribution in [0.25, 0.3) is 0 Å². The molecule has 2 N–H and O–H groups in total. The highest BCUT2D eigenvalue weighted by atomic mass is 79.9. The molecular formula is C13H12BrFN2O2S. The smallest absolute Gasteiger partial charge is 0.261 e. The zero-order valence-electron chi connectivity index (χ0n) is 10.5. The molecule has 0 fully saturated rings. The molecule has 0 radical (unpaired) electrons. The fourth-order valence-electron chi connectivity index (χ4n) is 1.58. The minimum atomic E-state index is -3.81. The summed E-state index contributed by atoms with van der Waals surface area (Å²) in [5, 5.41) is 2.89. The molecule has 2 aromatic rings. The number of nitrogens with one attached hydrogen (secondary N) is 2. The Morgan fingerprint density at radius 2 is 1.75 bits per heavy atom. The van der Waals surface area contributed by atoms with E-state index in [0.29, 0.717) is 4.47 Å². The standard InChI is InChI=1S/C13H12BrFN2O2S/c1-16-10-3-5-11(6-4-10)20(18,19)17-13-7-2-9(14)8-12(13)15/h2-8,16-17H,1H3. The Balaban J connectivity index is 2.30. The lowest BCUT2D eigenvalue weighted by Gasteiger charge is -2.09. The first-order valence-electron chi connectivity index (χ1n) is 5.68. The van der Waals surface area contributed by atoms with Gasteiger partial charge in [0, 0.05) is 17.2 Å². The summed E-state index contributed by atoms with van der Waals surface area (Å²) in [7, 11) is -2.07. The molecule has 0 heterocycles. The molecule has 0 aliphatic heterocycles. The van der Waals surface area contributed by atoms with Gasteiger partial charge in [0.25, 0.3) is 10.0 Å². The van der Waals surface area contributed by atoms with Gasteiger partial charge in [-0.1, -0.05) is 15.9 Å². The number of hydrogen-bond donors (Lipinski definition) is 2. The van der Waals surface area contributed by atoms with Crippen LogP contribution in [0, 0.1) is 5.82 Å². The number of anilines is 2. The van der Waals surface area contributed by atoms with E-state index < -0.39 is 15.8 Å². The van der Waals surface area contributed by atoms with Crippen molar-refractivity contribution in [2.45, 2.75) is 4.90 Å². The molecule has 0 unspecified atom stereocenters. The highest BCUT2D eigenvalue weighted by molar-refractivity contribution is 9.10. The van der Waals surface area contributed by atoms with Gasteiger partial charge in [0.2, 0.25) is 0 Å². The molecule has 4 nitrogen and oxygen atoms in total. The Labute approximate surface area is 125 Å². The molecule has 0 aliphatic carbocycles. The van der Waals surface area contributed by atoms with E-state index in [1.54, 1.807) is 25.2 Å². The van der Waals surface area contributed by atoms with Crippen molar-refractivity contribution < 1.29 is 12.8 Å². The van der Waals surface area contributed by atoms with E-state index in [9.17, 15) is 12.8 Å². The third-order valence-corrected chi connectivity index (χ3v) is 4.50. The van der Waals surface area contributed by atoms with Gasteiger partial charge in [-0.2, -0.15) is 0 Å². The molecule has 0 saturated carbocycles. The van der Waals surface area contributed by atoms with E-state index in [2.05, 4.69) is 26.0 Å². The van der Waals surface area contributed by atoms with Crippen molar-refractivity contribution in [1.29, 1.82) is 0 Å². The van der Waals surface area contributed by atoms with Gasteiger partial charge in [-0.3, -0.25) is 4.72 Å². The second-order valence-electron chi connectivity index (χ2n) is 4.00. The summed E-state index contributed by atoms with van der Waals surface area (Å²) in [5.74, 6) is -0.644. The number of rotatable bonds is 4. The van der Waals surface area contributed by atoms with E-state index in [-0.39, 0.29) is 10.6 Å². The molecule has 2 rings (SSSR count). The summed E-state index contributed by atoms with van der Waals surface area (Å²) in [5.41, 5.74) is 0.699. The highest BCUT2D eigenvalue weighted by Crippen LogP contribution is 2.23. The molecule has 2 aromatic carbocycles. The normalized spacial score (nSPS) is 11.2. The monoisotopic (exact) mass is 358 g/mol. The van der Waals surface area contributed by atoms with Gasteiger partial charge in [-0.25, -0.2) is 12.8 Å². The first-order valence-corrected chi connectivity index (χ1v) is 7.96. The topological polar surface area (TPSA) is 58.2 Å². The van der Waals surface area contributed by atoms with Crippen LogP contribution in [0.3, 0.4) is 0 Å². The maximum atomic E-state index is 13.6. The van der Waals surface area contributed by atoms with Crippen molar-refractivity contribution in [3.8, 4) is 0 Å². The quantitative estimate of drug-likeness (QED) is 0.880. The van der Waals surface area contributed by atoms with Crippen molar-refractivity contribution in [1.82, 2.24) is 0 Å². The van der Waals surface area contributed by atoms with Gasteiger partial charge >= 0.3 is 0 Å². The lowest BCUT2D eigenvalue weighted by Crippen LogP contribution is -2.14. The van der Waals surface area contributed by atoms with Crippen molar-refractivity contribution in [3.63, 3.8) is 0 Å². The molecule has 0 saturated heterocycles. The SMILES string of the molecule is CNc1ccc(S(=O)(=O)Nc2ccc(Br)cc2F)cc1. The first kappa shape index (κ1) is 14.8. The molecule has 20 heavy (non-hydrogen) atoms. The number of hydrogen-bond acceptors (Lipinski definition) is 3. The predicted octanol–water partition coefficient (Wildman–Crippen LogP) is 3.43. The van der Waals surface area contributed by atoms with Crippen LogP contribution >= 0.6 is 15.9 Å². The average Bonchev–Trinajstić information content (AvgIpc) is 2.42. The first-order chi connectivity index (χ1) is 9.42. The maximum Gasteiger partial charge on any atom is 0.261 e. The van der Waals surface area contributed by atoms with E-state index in [1.807, 2.05) is 0 Å².